The Morgan fingerprint density at radius 2 is 1.96 bits per heavy atom. The Kier molecular flexibility index (Phi) is 5.35. The molecule has 0 atom stereocenters. The summed E-state index contributed by atoms with van der Waals surface area (Å²) in [7, 11) is 0. The van der Waals surface area contributed by atoms with Crippen LogP contribution < -0.4 is 5.32 Å². The molecule has 1 N–H and O–H groups in total. The number of hydrogen-bond donors (Lipinski definition) is 1. The molecule has 1 heterocycles. The maximum absolute atomic E-state index is 13.7. The van der Waals surface area contributed by atoms with E-state index >= 15 is 0 Å². The number of carbonyl (C=O) groups excluding carboxylic acids is 2. The molecule has 2 rings (SSSR count). The molecular weight excluding hydrogens is 329 g/mol. The van der Waals surface area contributed by atoms with Crippen LogP contribution in [0.1, 0.15) is 17.3 Å². The minimum absolute atomic E-state index is 0.0496. The number of hydrogen-bond acceptors (Lipinski definition) is 6. The number of Topliss-reactive ketones (excluding diaryl/α,β-unsaturated/α-hetero) is 1. The largest absolute Gasteiger partial charge is 0.462 e. The van der Waals surface area contributed by atoms with Crippen molar-refractivity contribution in [3.8, 4) is 0 Å². The predicted octanol–water partition coefficient (Wildman–Crippen LogP) is 2.83. The predicted molar refractivity (Wildman–Crippen MR) is 75.5 cm³/mol. The van der Waals surface area contributed by atoms with Crippen molar-refractivity contribution in [3.05, 3.63) is 59.2 Å². The van der Waals surface area contributed by atoms with E-state index in [9.17, 15) is 22.8 Å². The molecule has 0 amide bonds. The molecular formula is C15H11F3N2O4. The molecule has 0 unspecified atom stereocenters. The van der Waals surface area contributed by atoms with Crippen LogP contribution in [-0.4, -0.2) is 23.5 Å². The smallest absolute Gasteiger partial charge is 0.343 e. The van der Waals surface area contributed by atoms with Crippen LogP contribution in [0.2, 0.25) is 0 Å². The zero-order valence-corrected chi connectivity index (χ0v) is 12.3. The van der Waals surface area contributed by atoms with Crippen LogP contribution in [0.4, 0.5) is 19.1 Å². The number of rotatable bonds is 6. The van der Waals surface area contributed by atoms with E-state index in [4.69, 9.17) is 9.26 Å². The maximum atomic E-state index is 13.7. The van der Waals surface area contributed by atoms with Gasteiger partial charge in [-0.05, 0) is 13.0 Å². The van der Waals surface area contributed by atoms with Gasteiger partial charge in [0.05, 0.1) is 18.4 Å². The van der Waals surface area contributed by atoms with Crippen LogP contribution >= 0.6 is 0 Å². The quantitative estimate of drug-likeness (QED) is 0.217. The van der Waals surface area contributed by atoms with E-state index < -0.39 is 40.3 Å². The minimum atomic E-state index is -1.45. The molecule has 0 saturated carbocycles. The molecule has 2 aromatic rings. The summed E-state index contributed by atoms with van der Waals surface area (Å²) in [6.45, 7) is 1.45. The third-order valence-electron chi connectivity index (χ3n) is 2.79. The number of ether oxygens (including phenoxy) is 1. The fourth-order valence-electron chi connectivity index (χ4n) is 1.70. The van der Waals surface area contributed by atoms with Gasteiger partial charge in [0, 0.05) is 18.3 Å². The first-order chi connectivity index (χ1) is 11.4. The molecule has 6 nitrogen and oxygen atoms in total. The molecule has 0 spiro atoms. The number of anilines is 1. The average Bonchev–Trinajstić information content (AvgIpc) is 3.04. The second kappa shape index (κ2) is 7.44. The van der Waals surface area contributed by atoms with Gasteiger partial charge in [0.1, 0.15) is 11.4 Å². The van der Waals surface area contributed by atoms with E-state index in [1.54, 1.807) is 0 Å². The molecule has 24 heavy (non-hydrogen) atoms. The molecule has 0 bridgehead atoms. The molecule has 0 fully saturated rings. The summed E-state index contributed by atoms with van der Waals surface area (Å²) in [6, 6.07) is 1.98. The SMILES string of the molecule is CCOC(=O)C(=CNc1ccno1)C(=O)c1cc(F)c(F)cc1F. The van der Waals surface area contributed by atoms with Crippen molar-refractivity contribution in [3.63, 3.8) is 0 Å². The minimum Gasteiger partial charge on any atom is -0.462 e. The number of esters is 1. The molecule has 0 aliphatic heterocycles. The summed E-state index contributed by atoms with van der Waals surface area (Å²) in [6.07, 6.45) is 2.21. The lowest BCUT2D eigenvalue weighted by Crippen LogP contribution is -2.19. The Hall–Kier alpha value is -3.10. The molecule has 126 valence electrons. The fraction of sp³-hybridized carbons (Fsp3) is 0.133. The molecule has 9 heteroatoms. The Labute approximate surface area is 133 Å². The summed E-state index contributed by atoms with van der Waals surface area (Å²) in [5.74, 6) is -6.35. The van der Waals surface area contributed by atoms with Gasteiger partial charge in [-0.2, -0.15) is 0 Å². The second-order valence-corrected chi connectivity index (χ2v) is 4.37. The van der Waals surface area contributed by atoms with Gasteiger partial charge >= 0.3 is 5.97 Å². The van der Waals surface area contributed by atoms with Crippen LogP contribution in [0, 0.1) is 17.5 Å². The van der Waals surface area contributed by atoms with E-state index in [1.807, 2.05) is 0 Å². The van der Waals surface area contributed by atoms with E-state index in [0.29, 0.717) is 6.07 Å². The number of halogens is 3. The van der Waals surface area contributed by atoms with Crippen LogP contribution in [-0.2, 0) is 9.53 Å². The normalized spacial score (nSPS) is 11.2. The Balaban J connectivity index is 2.39. The van der Waals surface area contributed by atoms with Gasteiger partial charge in [-0.1, -0.05) is 5.16 Å². The Morgan fingerprint density at radius 1 is 1.25 bits per heavy atom. The first-order valence-corrected chi connectivity index (χ1v) is 6.67. The van der Waals surface area contributed by atoms with E-state index in [-0.39, 0.29) is 18.6 Å². The van der Waals surface area contributed by atoms with Gasteiger partial charge in [0.2, 0.25) is 11.7 Å². The summed E-state index contributed by atoms with van der Waals surface area (Å²) < 4.78 is 49.4. The summed E-state index contributed by atoms with van der Waals surface area (Å²) in [4.78, 5) is 24.2. The van der Waals surface area contributed by atoms with E-state index in [0.717, 1.165) is 6.20 Å². The van der Waals surface area contributed by atoms with Crippen LogP contribution in [0.5, 0.6) is 0 Å². The van der Waals surface area contributed by atoms with Gasteiger partial charge < -0.3 is 14.6 Å². The topological polar surface area (TPSA) is 81.4 Å². The first-order valence-electron chi connectivity index (χ1n) is 6.67. The third kappa shape index (κ3) is 3.80. The zero-order valence-electron chi connectivity index (χ0n) is 12.3. The Bertz CT molecular complexity index is 788. The van der Waals surface area contributed by atoms with Crippen molar-refractivity contribution in [1.29, 1.82) is 0 Å². The van der Waals surface area contributed by atoms with Gasteiger partial charge in [-0.15, -0.1) is 0 Å². The van der Waals surface area contributed by atoms with Crippen molar-refractivity contribution >= 4 is 17.6 Å². The molecule has 0 aliphatic carbocycles. The highest BCUT2D eigenvalue weighted by Gasteiger charge is 2.25. The summed E-state index contributed by atoms with van der Waals surface area (Å²) >= 11 is 0. The van der Waals surface area contributed by atoms with Crippen LogP contribution in [0.25, 0.3) is 0 Å². The third-order valence-corrected chi connectivity index (χ3v) is 2.79. The highest BCUT2D eigenvalue weighted by molar-refractivity contribution is 6.24. The van der Waals surface area contributed by atoms with E-state index in [1.165, 1.54) is 19.2 Å². The lowest BCUT2D eigenvalue weighted by atomic mass is 10.0. The van der Waals surface area contributed by atoms with Gasteiger partial charge in [0.25, 0.3) is 0 Å². The monoisotopic (exact) mass is 340 g/mol. The standard InChI is InChI=1S/C15H11F3N2O4/c1-2-23-15(22)9(7-19-13-3-4-20-24-13)14(21)8-5-11(17)12(18)6-10(8)16/h3-7,19H,2H2,1H3. The van der Waals surface area contributed by atoms with Crippen molar-refractivity contribution in [1.82, 2.24) is 5.16 Å². The second-order valence-electron chi connectivity index (χ2n) is 4.37. The average molecular weight is 340 g/mol. The number of benzene rings is 1. The highest BCUT2D eigenvalue weighted by Crippen LogP contribution is 2.18. The number of nitrogens with one attached hydrogen (secondary N) is 1. The highest BCUT2D eigenvalue weighted by atomic mass is 19.2. The van der Waals surface area contributed by atoms with Gasteiger partial charge in [-0.25, -0.2) is 18.0 Å². The van der Waals surface area contributed by atoms with Crippen molar-refractivity contribution < 1.29 is 32.0 Å². The van der Waals surface area contributed by atoms with Gasteiger partial charge in [-0.3, -0.25) is 4.79 Å². The van der Waals surface area contributed by atoms with Crippen molar-refractivity contribution in [2.24, 2.45) is 0 Å². The molecule has 1 aromatic heterocycles. The number of ketones is 1. The number of nitrogens with zero attached hydrogens (tertiary/aromatic N) is 1. The lowest BCUT2D eigenvalue weighted by molar-refractivity contribution is -0.138. The first kappa shape index (κ1) is 17.3. The lowest BCUT2D eigenvalue weighted by Gasteiger charge is -2.08. The van der Waals surface area contributed by atoms with Crippen LogP contribution in [0.15, 0.2) is 40.7 Å². The van der Waals surface area contributed by atoms with E-state index in [2.05, 4.69) is 10.5 Å². The Morgan fingerprint density at radius 3 is 2.58 bits per heavy atom. The summed E-state index contributed by atoms with van der Waals surface area (Å²) in [5.41, 5.74) is -1.44. The molecule has 0 saturated heterocycles. The molecule has 0 radical (unpaired) electrons. The van der Waals surface area contributed by atoms with Crippen molar-refractivity contribution in [2.75, 3.05) is 11.9 Å². The molecule has 0 aliphatic rings. The molecule has 1 aromatic carbocycles. The number of carbonyl (C=O) groups is 2. The number of aromatic nitrogens is 1. The van der Waals surface area contributed by atoms with Gasteiger partial charge in [0.15, 0.2) is 11.6 Å². The van der Waals surface area contributed by atoms with Crippen LogP contribution in [0.3, 0.4) is 0 Å². The zero-order chi connectivity index (χ0) is 17.7. The maximum Gasteiger partial charge on any atom is 0.343 e. The summed E-state index contributed by atoms with van der Waals surface area (Å²) in [5, 5.41) is 5.86. The van der Waals surface area contributed by atoms with Crippen molar-refractivity contribution in [2.45, 2.75) is 6.92 Å². The fourth-order valence-corrected chi connectivity index (χ4v) is 1.70.